The van der Waals surface area contributed by atoms with Crippen LogP contribution in [0.2, 0.25) is 0 Å². The maximum absolute atomic E-state index is 11.1. The van der Waals surface area contributed by atoms with Gasteiger partial charge < -0.3 is 14.9 Å². The minimum absolute atomic E-state index is 0.332. The van der Waals surface area contributed by atoms with Crippen molar-refractivity contribution in [2.24, 2.45) is 0 Å². The Morgan fingerprint density at radius 1 is 1.13 bits per heavy atom. The van der Waals surface area contributed by atoms with Gasteiger partial charge in [0.15, 0.2) is 0 Å². The number of rotatable bonds is 3. The highest BCUT2D eigenvalue weighted by atomic mass is 16.4. The third-order valence-corrected chi connectivity index (χ3v) is 4.21. The molecule has 0 aromatic heterocycles. The highest BCUT2D eigenvalue weighted by Gasteiger charge is 2.32. The van der Waals surface area contributed by atoms with E-state index in [9.17, 15) is 4.79 Å². The van der Waals surface area contributed by atoms with Crippen molar-refractivity contribution in [2.45, 2.75) is 6.54 Å². The minimum atomic E-state index is -0.887. The molecule has 0 fully saturated rings. The second-order valence-electron chi connectivity index (χ2n) is 6.03. The van der Waals surface area contributed by atoms with Crippen LogP contribution in [0.25, 0.3) is 0 Å². The van der Waals surface area contributed by atoms with E-state index >= 15 is 0 Å². The van der Waals surface area contributed by atoms with E-state index in [1.807, 2.05) is 6.07 Å². The van der Waals surface area contributed by atoms with Gasteiger partial charge in [0.25, 0.3) is 0 Å². The summed E-state index contributed by atoms with van der Waals surface area (Å²) in [5.41, 5.74) is 3.68. The predicted molar refractivity (Wildman–Crippen MR) is 85.4 cm³/mol. The topological polar surface area (TPSA) is 50.3 Å². The van der Waals surface area contributed by atoms with Gasteiger partial charge in [-0.1, -0.05) is 12.1 Å². The van der Waals surface area contributed by atoms with Crippen molar-refractivity contribution >= 4 is 5.97 Å². The number of allylic oxidation sites excluding steroid dienone is 2. The first-order chi connectivity index (χ1) is 11.1. The molecule has 0 saturated carbocycles. The minimum Gasteiger partial charge on any atom is -0.478 e. The number of nitrogens with zero attached hydrogens (tertiary/aromatic N) is 4. The van der Waals surface area contributed by atoms with Gasteiger partial charge >= 0.3 is 5.97 Å². The first-order valence-corrected chi connectivity index (χ1v) is 7.53. The quantitative estimate of drug-likeness (QED) is 0.919. The Morgan fingerprint density at radius 3 is 2.65 bits per heavy atom. The van der Waals surface area contributed by atoms with E-state index in [1.165, 1.54) is 5.70 Å². The van der Waals surface area contributed by atoms with Gasteiger partial charge in [0.2, 0.25) is 0 Å². The molecule has 0 saturated heterocycles. The summed E-state index contributed by atoms with van der Waals surface area (Å²) in [7, 11) is 2.06. The molecule has 6 heteroatoms. The Labute approximate surface area is 134 Å². The van der Waals surface area contributed by atoms with Crippen LogP contribution < -0.4 is 0 Å². The van der Waals surface area contributed by atoms with Crippen molar-refractivity contribution in [2.75, 3.05) is 20.4 Å². The second-order valence-corrected chi connectivity index (χ2v) is 6.03. The Kier molecular flexibility index (Phi) is 3.04. The summed E-state index contributed by atoms with van der Waals surface area (Å²) in [5.74, 6) is -0.887. The SMILES string of the molecule is CN1C=C2C=CC3=CN(Cc4cccc(C(=O)O)c4)CN3N2C1. The monoisotopic (exact) mass is 310 g/mol. The lowest BCUT2D eigenvalue weighted by atomic mass is 10.1. The molecule has 6 nitrogen and oxygen atoms in total. The summed E-state index contributed by atoms with van der Waals surface area (Å²) in [6.07, 6.45) is 8.50. The van der Waals surface area contributed by atoms with E-state index in [2.05, 4.69) is 51.4 Å². The van der Waals surface area contributed by atoms with Crippen molar-refractivity contribution in [3.05, 3.63) is 71.3 Å². The number of hydrazine groups is 1. The van der Waals surface area contributed by atoms with Gasteiger partial charge in [-0.15, -0.1) is 0 Å². The Bertz CT molecular complexity index is 753. The number of benzene rings is 1. The maximum Gasteiger partial charge on any atom is 0.335 e. The average molecular weight is 310 g/mol. The average Bonchev–Trinajstić information content (AvgIpc) is 3.09. The van der Waals surface area contributed by atoms with E-state index in [4.69, 9.17) is 5.11 Å². The van der Waals surface area contributed by atoms with Crippen LogP contribution in [0.5, 0.6) is 0 Å². The number of hydrogen-bond donors (Lipinski definition) is 1. The standard InChI is InChI=1S/C17H18N4O2/c1-18-9-15-5-6-16-10-19(12-21(16)20(15)11-18)8-13-3-2-4-14(7-13)17(22)23/h2-7,9-10H,8,11-12H2,1H3,(H,22,23). The van der Waals surface area contributed by atoms with Crippen LogP contribution in [0.4, 0.5) is 0 Å². The predicted octanol–water partition coefficient (Wildman–Crippen LogP) is 1.83. The van der Waals surface area contributed by atoms with Crippen molar-refractivity contribution in [1.29, 1.82) is 0 Å². The van der Waals surface area contributed by atoms with Crippen LogP contribution >= 0.6 is 0 Å². The fraction of sp³-hybridized carbons (Fsp3) is 0.235. The number of carbonyl (C=O) groups is 1. The van der Waals surface area contributed by atoms with Crippen LogP contribution in [0, 0.1) is 0 Å². The third-order valence-electron chi connectivity index (χ3n) is 4.21. The highest BCUT2D eigenvalue weighted by Crippen LogP contribution is 2.31. The van der Waals surface area contributed by atoms with E-state index in [0.717, 1.165) is 24.6 Å². The van der Waals surface area contributed by atoms with Crippen LogP contribution in [0.1, 0.15) is 15.9 Å². The van der Waals surface area contributed by atoms with E-state index in [-0.39, 0.29) is 0 Å². The highest BCUT2D eigenvalue weighted by molar-refractivity contribution is 5.87. The molecule has 118 valence electrons. The van der Waals surface area contributed by atoms with Crippen molar-refractivity contribution in [3.8, 4) is 0 Å². The number of carboxylic acids is 1. The molecular weight excluding hydrogens is 292 g/mol. The molecule has 3 aliphatic heterocycles. The molecule has 0 unspecified atom stereocenters. The van der Waals surface area contributed by atoms with E-state index in [1.54, 1.807) is 18.2 Å². The first kappa shape index (κ1) is 13.8. The summed E-state index contributed by atoms with van der Waals surface area (Å²) in [5, 5.41) is 13.6. The summed E-state index contributed by atoms with van der Waals surface area (Å²) in [6.45, 7) is 2.30. The van der Waals surface area contributed by atoms with Gasteiger partial charge in [0.05, 0.1) is 17.0 Å². The summed E-state index contributed by atoms with van der Waals surface area (Å²) >= 11 is 0. The lowest BCUT2D eigenvalue weighted by Crippen LogP contribution is -2.43. The van der Waals surface area contributed by atoms with Gasteiger partial charge in [-0.05, 0) is 29.8 Å². The van der Waals surface area contributed by atoms with Crippen LogP contribution in [-0.4, -0.2) is 51.3 Å². The summed E-state index contributed by atoms with van der Waals surface area (Å²) < 4.78 is 0. The normalized spacial score (nSPS) is 18.8. The molecule has 0 amide bonds. The van der Waals surface area contributed by atoms with Gasteiger partial charge in [-0.25, -0.2) is 4.79 Å². The molecule has 4 rings (SSSR count). The van der Waals surface area contributed by atoms with Crippen LogP contribution in [0.15, 0.2) is 60.2 Å². The molecule has 0 atom stereocenters. The zero-order valence-electron chi connectivity index (χ0n) is 12.9. The van der Waals surface area contributed by atoms with Gasteiger partial charge in [-0.3, -0.25) is 10.0 Å². The largest absolute Gasteiger partial charge is 0.478 e. The van der Waals surface area contributed by atoms with Gasteiger partial charge in [0, 0.05) is 26.0 Å². The molecular formula is C17H18N4O2. The van der Waals surface area contributed by atoms with Crippen LogP contribution in [-0.2, 0) is 6.54 Å². The molecule has 23 heavy (non-hydrogen) atoms. The van der Waals surface area contributed by atoms with Crippen molar-refractivity contribution in [3.63, 3.8) is 0 Å². The Hall–Kier alpha value is -2.89. The second kappa shape index (κ2) is 5.08. The number of fused-ring (bicyclic) bond motifs is 3. The molecule has 1 aromatic carbocycles. The molecule has 0 aliphatic carbocycles. The van der Waals surface area contributed by atoms with Gasteiger partial charge in [-0.2, -0.15) is 0 Å². The van der Waals surface area contributed by atoms with Crippen molar-refractivity contribution < 1.29 is 9.90 Å². The lowest BCUT2D eigenvalue weighted by molar-refractivity contribution is 0.0195. The van der Waals surface area contributed by atoms with E-state index in [0.29, 0.717) is 12.1 Å². The maximum atomic E-state index is 11.1. The Balaban J connectivity index is 1.51. The number of hydrogen-bond acceptors (Lipinski definition) is 5. The smallest absolute Gasteiger partial charge is 0.335 e. The lowest BCUT2D eigenvalue weighted by Gasteiger charge is -2.36. The number of carboxylic acid groups (broad SMARTS) is 1. The fourth-order valence-electron chi connectivity index (χ4n) is 3.17. The molecule has 3 aliphatic rings. The molecule has 1 aromatic rings. The molecule has 0 radical (unpaired) electrons. The zero-order chi connectivity index (χ0) is 16.0. The molecule has 0 bridgehead atoms. The fourth-order valence-corrected chi connectivity index (χ4v) is 3.17. The molecule has 0 spiro atoms. The zero-order valence-corrected chi connectivity index (χ0v) is 12.9. The number of aromatic carboxylic acids is 1. The first-order valence-electron chi connectivity index (χ1n) is 7.53. The van der Waals surface area contributed by atoms with Crippen molar-refractivity contribution in [1.82, 2.24) is 19.8 Å². The summed E-state index contributed by atoms with van der Waals surface area (Å²) in [4.78, 5) is 15.4. The summed E-state index contributed by atoms with van der Waals surface area (Å²) in [6, 6.07) is 7.12. The Morgan fingerprint density at radius 2 is 1.87 bits per heavy atom. The molecule has 1 N–H and O–H groups in total. The van der Waals surface area contributed by atoms with Crippen LogP contribution in [0.3, 0.4) is 0 Å². The third kappa shape index (κ3) is 2.42. The molecule has 3 heterocycles. The van der Waals surface area contributed by atoms with E-state index < -0.39 is 5.97 Å². The van der Waals surface area contributed by atoms with Gasteiger partial charge in [0.1, 0.15) is 13.3 Å².